The zero-order valence-electron chi connectivity index (χ0n) is 25.0. The molecule has 11 heteroatoms. The van der Waals surface area contributed by atoms with Crippen molar-refractivity contribution in [3.05, 3.63) is 42.1 Å². The summed E-state index contributed by atoms with van der Waals surface area (Å²) in [4.78, 5) is 37.3. The number of rotatable bonds is 8. The van der Waals surface area contributed by atoms with Crippen LogP contribution in [0.2, 0.25) is 0 Å². The summed E-state index contributed by atoms with van der Waals surface area (Å²) in [7, 11) is 1.66. The second kappa shape index (κ2) is 10.8. The van der Waals surface area contributed by atoms with E-state index in [1.807, 2.05) is 29.3 Å². The van der Waals surface area contributed by atoms with Crippen molar-refractivity contribution in [1.82, 2.24) is 34.6 Å². The van der Waals surface area contributed by atoms with Crippen molar-refractivity contribution in [2.45, 2.75) is 63.7 Å². The van der Waals surface area contributed by atoms with Gasteiger partial charge in [-0.05, 0) is 99.7 Å². The maximum atomic E-state index is 14.0. The molecule has 1 aromatic carbocycles. The van der Waals surface area contributed by atoms with E-state index in [-0.39, 0.29) is 23.9 Å². The van der Waals surface area contributed by atoms with Gasteiger partial charge in [0.2, 0.25) is 0 Å². The summed E-state index contributed by atoms with van der Waals surface area (Å²) >= 11 is 0. The van der Waals surface area contributed by atoms with Crippen LogP contribution in [0.4, 0.5) is 4.79 Å². The van der Waals surface area contributed by atoms with E-state index in [1.165, 1.54) is 12.8 Å². The zero-order chi connectivity index (χ0) is 29.9. The van der Waals surface area contributed by atoms with Gasteiger partial charge in [-0.25, -0.2) is 14.8 Å². The lowest BCUT2D eigenvalue weighted by molar-refractivity contribution is 0.0697. The van der Waals surface area contributed by atoms with Crippen molar-refractivity contribution in [2.24, 2.45) is 17.8 Å². The summed E-state index contributed by atoms with van der Waals surface area (Å²) in [5.74, 6) is 2.70. The fourth-order valence-corrected chi connectivity index (χ4v) is 7.98. The highest BCUT2D eigenvalue weighted by atomic mass is 16.5. The Labute approximate surface area is 255 Å². The number of hydrogen-bond donors (Lipinski definition) is 3. The number of ether oxygens (including phenoxy) is 1. The van der Waals surface area contributed by atoms with Crippen LogP contribution in [0.1, 0.15) is 48.9 Å². The molecule has 8 rings (SSSR count). The van der Waals surface area contributed by atoms with Gasteiger partial charge in [0, 0.05) is 36.8 Å². The van der Waals surface area contributed by atoms with Gasteiger partial charge < -0.3 is 34.5 Å². The molecular formula is C33H39N7O4. The number of nitrogens with one attached hydrogen (secondary N) is 2. The van der Waals surface area contributed by atoms with Gasteiger partial charge in [0.05, 0.1) is 30.4 Å². The molecule has 4 aromatic rings. The van der Waals surface area contributed by atoms with Crippen LogP contribution in [0.25, 0.3) is 33.6 Å². The van der Waals surface area contributed by atoms with E-state index in [2.05, 4.69) is 31.9 Å². The first kappa shape index (κ1) is 27.4. The van der Waals surface area contributed by atoms with Gasteiger partial charge in [-0.2, -0.15) is 0 Å². The number of fused-ring (bicyclic) bond motifs is 4. The predicted molar refractivity (Wildman–Crippen MR) is 166 cm³/mol. The van der Waals surface area contributed by atoms with E-state index in [4.69, 9.17) is 14.7 Å². The molecule has 2 aliphatic heterocycles. The molecule has 3 aromatic heterocycles. The van der Waals surface area contributed by atoms with Gasteiger partial charge in [-0.15, -0.1) is 0 Å². The van der Waals surface area contributed by atoms with Gasteiger partial charge >= 0.3 is 6.09 Å². The minimum Gasteiger partial charge on any atom is -0.494 e. The molecule has 0 radical (unpaired) electrons. The van der Waals surface area contributed by atoms with E-state index < -0.39 is 6.09 Å². The van der Waals surface area contributed by atoms with Crippen LogP contribution in [-0.2, 0) is 13.1 Å². The third-order valence-electron chi connectivity index (χ3n) is 10.3. The first-order valence-electron chi connectivity index (χ1n) is 16.0. The molecule has 2 saturated carbocycles. The number of hydrogen-bond acceptors (Lipinski definition) is 6. The number of likely N-dealkylation sites (tertiary alicyclic amines) is 1. The summed E-state index contributed by atoms with van der Waals surface area (Å²) < 4.78 is 10.7. The Kier molecular flexibility index (Phi) is 6.73. The predicted octanol–water partition coefficient (Wildman–Crippen LogP) is 4.34. The monoisotopic (exact) mass is 597 g/mol. The van der Waals surface area contributed by atoms with Crippen molar-refractivity contribution < 1.29 is 19.4 Å². The Morgan fingerprint density at radius 1 is 1.05 bits per heavy atom. The largest absolute Gasteiger partial charge is 0.494 e. The lowest BCUT2D eigenvalue weighted by atomic mass is 9.98. The third kappa shape index (κ3) is 4.68. The second-order valence-corrected chi connectivity index (χ2v) is 13.1. The van der Waals surface area contributed by atoms with E-state index in [9.17, 15) is 14.7 Å². The Balaban J connectivity index is 1.24. The maximum Gasteiger partial charge on any atom is 0.404 e. The SMILES string of the molecule is COc1cc(C(=O)N2C[C@H]3CC[C@@H]2[C@@H]3NC(=O)O)cc2nc(-c3cc4cccnc4n3CC3CC3)n(CC3CCNCC3)c12. The number of imidazole rings is 1. The number of pyridine rings is 1. The van der Waals surface area contributed by atoms with Crippen LogP contribution in [0.3, 0.4) is 0 Å². The summed E-state index contributed by atoms with van der Waals surface area (Å²) in [6, 6.07) is 9.70. The number of nitrogens with zero attached hydrogens (tertiary/aromatic N) is 5. The maximum absolute atomic E-state index is 14.0. The van der Waals surface area contributed by atoms with E-state index in [0.717, 1.165) is 85.4 Å². The molecule has 5 heterocycles. The molecule has 2 bridgehead atoms. The number of carboxylic acid groups (broad SMARTS) is 1. The normalized spacial score (nSPS) is 23.6. The summed E-state index contributed by atoms with van der Waals surface area (Å²) in [5, 5.41) is 16.6. The molecule has 44 heavy (non-hydrogen) atoms. The Bertz CT molecular complexity index is 1750. The van der Waals surface area contributed by atoms with Gasteiger partial charge in [-0.3, -0.25) is 4.79 Å². The van der Waals surface area contributed by atoms with Crippen molar-refractivity contribution in [1.29, 1.82) is 0 Å². The molecular weight excluding hydrogens is 558 g/mol. The molecule has 230 valence electrons. The minimum absolute atomic E-state index is 0.101. The summed E-state index contributed by atoms with van der Waals surface area (Å²) in [6.45, 7) is 4.29. The summed E-state index contributed by atoms with van der Waals surface area (Å²) in [5.41, 5.74) is 4.19. The fourth-order valence-electron chi connectivity index (χ4n) is 7.98. The smallest absolute Gasteiger partial charge is 0.404 e. The Morgan fingerprint density at radius 3 is 2.61 bits per heavy atom. The molecule has 11 nitrogen and oxygen atoms in total. The van der Waals surface area contributed by atoms with E-state index in [0.29, 0.717) is 29.7 Å². The number of carbonyl (C=O) groups excluding carboxylic acids is 1. The standard InChI is InChI=1S/C33H39N7O4/c1-44-27-15-23(32(41)39-18-22-6-7-25(39)28(22)37-33(42)43)13-24-29(27)40(17-20-8-11-34-12-9-20)31(36-24)26-14-21-3-2-10-35-30(21)38(26)16-19-4-5-19/h2-3,10,13-15,19-20,22,25,28,34,37H,4-9,11-12,16-18H2,1H3,(H,42,43)/t22-,25-,28-/m1/s1. The van der Waals surface area contributed by atoms with Crippen LogP contribution in [-0.4, -0.2) is 79.9 Å². The minimum atomic E-state index is -1.04. The first-order chi connectivity index (χ1) is 21.5. The van der Waals surface area contributed by atoms with Gasteiger partial charge in [0.15, 0.2) is 5.82 Å². The highest BCUT2D eigenvalue weighted by Crippen LogP contribution is 2.41. The third-order valence-corrected chi connectivity index (χ3v) is 10.3. The molecule has 4 fully saturated rings. The molecule has 4 aliphatic rings. The van der Waals surface area contributed by atoms with Gasteiger partial charge in [0.25, 0.3) is 5.91 Å². The van der Waals surface area contributed by atoms with Crippen molar-refractivity contribution >= 4 is 34.1 Å². The fraction of sp³-hybridized carbons (Fsp3) is 0.515. The van der Waals surface area contributed by atoms with Crippen molar-refractivity contribution in [3.63, 3.8) is 0 Å². The molecule has 0 unspecified atom stereocenters. The number of aromatic nitrogens is 4. The van der Waals surface area contributed by atoms with E-state index in [1.54, 1.807) is 7.11 Å². The van der Waals surface area contributed by atoms with Crippen LogP contribution in [0.15, 0.2) is 36.5 Å². The van der Waals surface area contributed by atoms with Crippen LogP contribution < -0.4 is 15.4 Å². The van der Waals surface area contributed by atoms with Crippen molar-refractivity contribution in [2.75, 3.05) is 26.7 Å². The molecule has 3 atom stereocenters. The van der Waals surface area contributed by atoms with Crippen LogP contribution >= 0.6 is 0 Å². The molecule has 3 N–H and O–H groups in total. The Morgan fingerprint density at radius 2 is 1.84 bits per heavy atom. The van der Waals surface area contributed by atoms with Gasteiger partial charge in [0.1, 0.15) is 16.9 Å². The number of amides is 2. The molecule has 0 spiro atoms. The zero-order valence-corrected chi connectivity index (χ0v) is 25.0. The van der Waals surface area contributed by atoms with Crippen LogP contribution in [0, 0.1) is 17.8 Å². The number of piperidine rings is 2. The number of methoxy groups -OCH3 is 1. The van der Waals surface area contributed by atoms with Crippen LogP contribution in [0.5, 0.6) is 5.75 Å². The first-order valence-corrected chi connectivity index (χ1v) is 16.0. The second-order valence-electron chi connectivity index (χ2n) is 13.1. The lowest BCUT2D eigenvalue weighted by Gasteiger charge is -2.27. The van der Waals surface area contributed by atoms with E-state index >= 15 is 0 Å². The average molecular weight is 598 g/mol. The highest BCUT2D eigenvalue weighted by molar-refractivity contribution is 6.00. The lowest BCUT2D eigenvalue weighted by Crippen LogP contribution is -2.45. The molecule has 2 aliphatic carbocycles. The topological polar surface area (TPSA) is 127 Å². The Hall–Kier alpha value is -4.12. The average Bonchev–Trinajstić information content (AvgIpc) is 3.35. The highest BCUT2D eigenvalue weighted by Gasteiger charge is 2.49. The summed E-state index contributed by atoms with van der Waals surface area (Å²) in [6.07, 6.45) is 7.20. The van der Waals surface area contributed by atoms with Crippen molar-refractivity contribution in [3.8, 4) is 17.3 Å². The molecule has 2 amide bonds. The number of benzene rings is 1. The van der Waals surface area contributed by atoms with Gasteiger partial charge in [-0.1, -0.05) is 0 Å². The number of carbonyl (C=O) groups is 2. The molecule has 2 saturated heterocycles. The quantitative estimate of drug-likeness (QED) is 0.276.